The van der Waals surface area contributed by atoms with E-state index in [4.69, 9.17) is 9.15 Å². The van der Waals surface area contributed by atoms with Gasteiger partial charge < -0.3 is 14.5 Å². The van der Waals surface area contributed by atoms with Gasteiger partial charge in [0.2, 0.25) is 15.7 Å². The molecule has 0 fully saturated rings. The van der Waals surface area contributed by atoms with Crippen molar-refractivity contribution in [1.29, 1.82) is 0 Å². The van der Waals surface area contributed by atoms with Crippen LogP contribution in [0.1, 0.15) is 64.1 Å². The number of hydrogen-bond acceptors (Lipinski definition) is 7. The fourth-order valence-electron chi connectivity index (χ4n) is 2.67. The van der Waals surface area contributed by atoms with Crippen LogP contribution in [0.15, 0.2) is 33.9 Å². The molecule has 0 saturated heterocycles. The Morgan fingerprint density at radius 2 is 1.97 bits per heavy atom. The number of benzene rings is 1. The van der Waals surface area contributed by atoms with Crippen molar-refractivity contribution in [2.75, 3.05) is 0 Å². The smallest absolute Gasteiger partial charge is 0.408 e. The van der Waals surface area contributed by atoms with Gasteiger partial charge in [-0.1, -0.05) is 55.2 Å². The Bertz CT molecular complexity index is 947. The van der Waals surface area contributed by atoms with Crippen LogP contribution in [0.2, 0.25) is 0 Å². The first-order chi connectivity index (χ1) is 13.4. The molecule has 1 heterocycles. The summed E-state index contributed by atoms with van der Waals surface area (Å²) < 4.78 is 36.2. The minimum atomic E-state index is -3.82. The lowest BCUT2D eigenvalue weighted by Crippen LogP contribution is -2.37. The molecule has 1 aromatic heterocycles. The van der Waals surface area contributed by atoms with Gasteiger partial charge in [0.05, 0.1) is 5.75 Å². The summed E-state index contributed by atoms with van der Waals surface area (Å²) in [6.45, 7) is 11.0. The molecule has 0 saturated carbocycles. The molecule has 0 bridgehead atoms. The summed E-state index contributed by atoms with van der Waals surface area (Å²) in [6, 6.07) is 6.54. The fraction of sp³-hybridized carbons (Fsp3) is 0.550. The van der Waals surface area contributed by atoms with Crippen molar-refractivity contribution in [1.82, 2.24) is 15.5 Å². The van der Waals surface area contributed by atoms with Crippen molar-refractivity contribution >= 4 is 15.9 Å². The minimum Gasteiger partial charge on any atom is -0.444 e. The number of ether oxygens (including phenoxy) is 1. The molecule has 8 nitrogen and oxygen atoms in total. The van der Waals surface area contributed by atoms with Crippen LogP contribution >= 0.6 is 0 Å². The highest BCUT2D eigenvalue weighted by Gasteiger charge is 2.31. The number of amides is 1. The van der Waals surface area contributed by atoms with E-state index in [0.717, 1.165) is 5.56 Å². The Hall–Kier alpha value is -2.42. The van der Waals surface area contributed by atoms with Crippen LogP contribution in [-0.2, 0) is 20.3 Å². The SMILES string of the molecule is CC[C@@H](C)[C@@H](NC(=O)OC(C)(C)C)c1nnc(S(=O)(=O)Cc2cccc(C)c2)o1. The predicted molar refractivity (Wildman–Crippen MR) is 108 cm³/mol. The summed E-state index contributed by atoms with van der Waals surface area (Å²) in [5.74, 6) is -0.285. The zero-order valence-electron chi connectivity index (χ0n) is 17.7. The van der Waals surface area contributed by atoms with Gasteiger partial charge in [-0.15, -0.1) is 5.10 Å². The van der Waals surface area contributed by atoms with Crippen molar-refractivity contribution in [2.45, 2.75) is 70.6 Å². The van der Waals surface area contributed by atoms with Gasteiger partial charge >= 0.3 is 11.3 Å². The van der Waals surface area contributed by atoms with E-state index in [9.17, 15) is 13.2 Å². The Labute approximate surface area is 172 Å². The quantitative estimate of drug-likeness (QED) is 0.717. The van der Waals surface area contributed by atoms with E-state index < -0.39 is 32.8 Å². The summed E-state index contributed by atoms with van der Waals surface area (Å²) >= 11 is 0. The first-order valence-corrected chi connectivity index (χ1v) is 11.2. The van der Waals surface area contributed by atoms with Crippen molar-refractivity contribution in [3.05, 3.63) is 41.3 Å². The van der Waals surface area contributed by atoms with Gasteiger partial charge in [0.15, 0.2) is 0 Å². The number of alkyl carbamates (subject to hydrolysis) is 1. The minimum absolute atomic E-state index is 0.0352. The molecule has 0 aliphatic carbocycles. The third kappa shape index (κ3) is 6.56. The average Bonchev–Trinajstić information content (AvgIpc) is 3.08. The van der Waals surface area contributed by atoms with Crippen LogP contribution < -0.4 is 5.32 Å². The first-order valence-electron chi connectivity index (χ1n) is 9.52. The van der Waals surface area contributed by atoms with Crippen LogP contribution in [-0.4, -0.2) is 30.3 Å². The fourth-order valence-corrected chi connectivity index (χ4v) is 3.79. The maximum atomic E-state index is 12.7. The van der Waals surface area contributed by atoms with Crippen LogP contribution in [0.25, 0.3) is 0 Å². The van der Waals surface area contributed by atoms with Crippen LogP contribution in [0.5, 0.6) is 0 Å². The van der Waals surface area contributed by atoms with E-state index in [0.29, 0.717) is 12.0 Å². The van der Waals surface area contributed by atoms with Gasteiger partial charge in [-0.3, -0.25) is 0 Å². The van der Waals surface area contributed by atoms with Gasteiger partial charge in [0.25, 0.3) is 0 Å². The van der Waals surface area contributed by atoms with Gasteiger partial charge in [0.1, 0.15) is 11.6 Å². The molecular formula is C20H29N3O5S. The molecule has 2 atom stereocenters. The molecule has 2 aromatic rings. The number of sulfone groups is 1. The molecule has 0 unspecified atom stereocenters. The summed E-state index contributed by atoms with van der Waals surface area (Å²) in [5.41, 5.74) is 0.929. The van der Waals surface area contributed by atoms with Crippen molar-refractivity contribution in [2.24, 2.45) is 5.92 Å². The number of aryl methyl sites for hydroxylation is 1. The third-order valence-electron chi connectivity index (χ3n) is 4.28. The van der Waals surface area contributed by atoms with Gasteiger partial charge in [-0.2, -0.15) is 0 Å². The van der Waals surface area contributed by atoms with Gasteiger partial charge in [-0.05, 0) is 39.2 Å². The Kier molecular flexibility index (Phi) is 7.05. The second-order valence-electron chi connectivity index (χ2n) is 8.16. The lowest BCUT2D eigenvalue weighted by Gasteiger charge is -2.24. The number of hydrogen-bond donors (Lipinski definition) is 1. The van der Waals surface area contributed by atoms with E-state index in [1.165, 1.54) is 0 Å². The maximum absolute atomic E-state index is 12.7. The maximum Gasteiger partial charge on any atom is 0.408 e. The van der Waals surface area contributed by atoms with Crippen molar-refractivity contribution in [3.8, 4) is 0 Å². The molecule has 1 aromatic carbocycles. The summed E-state index contributed by atoms with van der Waals surface area (Å²) in [6.07, 6.45) is 0.0685. The van der Waals surface area contributed by atoms with Crippen LogP contribution in [0, 0.1) is 12.8 Å². The summed E-state index contributed by atoms with van der Waals surface area (Å²) in [5, 5.41) is 9.87. The molecule has 1 N–H and O–H groups in total. The molecule has 0 radical (unpaired) electrons. The van der Waals surface area contributed by atoms with E-state index in [1.807, 2.05) is 26.8 Å². The average molecular weight is 424 g/mol. The highest BCUT2D eigenvalue weighted by molar-refractivity contribution is 7.90. The molecule has 0 spiro atoms. The summed E-state index contributed by atoms with van der Waals surface area (Å²) in [4.78, 5) is 12.2. The first kappa shape index (κ1) is 22.9. The zero-order valence-corrected chi connectivity index (χ0v) is 18.5. The molecule has 160 valence electrons. The third-order valence-corrected chi connectivity index (χ3v) is 5.69. The number of nitrogens with zero attached hydrogens (tertiary/aromatic N) is 2. The largest absolute Gasteiger partial charge is 0.444 e. The molecular weight excluding hydrogens is 394 g/mol. The molecule has 2 rings (SSSR count). The molecule has 29 heavy (non-hydrogen) atoms. The van der Waals surface area contributed by atoms with Crippen molar-refractivity contribution < 1.29 is 22.4 Å². The number of nitrogens with one attached hydrogen (secondary N) is 1. The van der Waals surface area contributed by atoms with E-state index >= 15 is 0 Å². The molecule has 9 heteroatoms. The molecule has 0 aliphatic heterocycles. The lowest BCUT2D eigenvalue weighted by atomic mass is 9.99. The van der Waals surface area contributed by atoms with Crippen LogP contribution in [0.4, 0.5) is 4.79 Å². The topological polar surface area (TPSA) is 111 Å². The number of carbonyl (C=O) groups excluding carboxylic acids is 1. The van der Waals surface area contributed by atoms with Gasteiger partial charge in [-0.25, -0.2) is 13.2 Å². The number of aromatic nitrogens is 2. The Balaban J connectivity index is 2.24. The van der Waals surface area contributed by atoms with E-state index in [-0.39, 0.29) is 17.6 Å². The van der Waals surface area contributed by atoms with E-state index in [2.05, 4.69) is 15.5 Å². The normalized spacial score (nSPS) is 14.3. The molecule has 0 aliphatic rings. The van der Waals surface area contributed by atoms with Crippen molar-refractivity contribution in [3.63, 3.8) is 0 Å². The highest BCUT2D eigenvalue weighted by atomic mass is 32.2. The summed E-state index contributed by atoms with van der Waals surface area (Å²) in [7, 11) is -3.82. The lowest BCUT2D eigenvalue weighted by molar-refractivity contribution is 0.0473. The Morgan fingerprint density at radius 1 is 1.28 bits per heavy atom. The second kappa shape index (κ2) is 8.94. The van der Waals surface area contributed by atoms with Crippen LogP contribution in [0.3, 0.4) is 0 Å². The predicted octanol–water partition coefficient (Wildman–Crippen LogP) is 3.96. The highest BCUT2D eigenvalue weighted by Crippen LogP contribution is 2.26. The number of rotatable bonds is 7. The number of carbonyl (C=O) groups is 1. The molecule has 1 amide bonds. The monoisotopic (exact) mass is 423 g/mol. The van der Waals surface area contributed by atoms with E-state index in [1.54, 1.807) is 39.0 Å². The Morgan fingerprint density at radius 3 is 2.55 bits per heavy atom. The second-order valence-corrected chi connectivity index (χ2v) is 10.0. The van der Waals surface area contributed by atoms with Gasteiger partial charge in [0, 0.05) is 0 Å². The standard InChI is InChI=1S/C20H29N3O5S/c1-7-14(3)16(21-18(24)28-20(4,5)6)17-22-23-19(27-17)29(25,26)12-15-10-8-9-13(2)11-15/h8-11,14,16H,7,12H2,1-6H3,(H,21,24)/t14-,16-/m1/s1. The zero-order chi connectivity index (χ0) is 21.8.